The van der Waals surface area contributed by atoms with Crippen molar-refractivity contribution < 1.29 is 9.85 Å². The van der Waals surface area contributed by atoms with Gasteiger partial charge in [-0.15, -0.1) is 0 Å². The second-order valence-electron chi connectivity index (χ2n) is 6.63. The number of piperazine rings is 1. The highest BCUT2D eigenvalue weighted by Gasteiger charge is 2.28. The van der Waals surface area contributed by atoms with E-state index in [4.69, 9.17) is 0 Å². The van der Waals surface area contributed by atoms with Crippen molar-refractivity contribution >= 4 is 22.7 Å². The summed E-state index contributed by atoms with van der Waals surface area (Å²) < 4.78 is 0. The Balaban J connectivity index is 1.85. The number of rotatable bonds is 4. The van der Waals surface area contributed by atoms with Crippen molar-refractivity contribution in [2.45, 2.75) is 13.0 Å². The van der Waals surface area contributed by atoms with Crippen LogP contribution in [0.3, 0.4) is 0 Å². The van der Waals surface area contributed by atoms with Crippen molar-refractivity contribution in [2.75, 3.05) is 29.4 Å². The smallest absolute Gasteiger partial charge is 0.270 e. The Kier molecular flexibility index (Phi) is 5.28. The van der Waals surface area contributed by atoms with E-state index < -0.39 is 9.85 Å². The van der Waals surface area contributed by atoms with E-state index in [0.29, 0.717) is 31.0 Å². The number of hydrogen-bond donors (Lipinski definition) is 0. The zero-order chi connectivity index (χ0) is 21.1. The fourth-order valence-corrected chi connectivity index (χ4v) is 3.51. The molecule has 10 heteroatoms. The Morgan fingerprint density at radius 1 is 0.931 bits per heavy atom. The maximum atomic E-state index is 11.0. The van der Waals surface area contributed by atoms with Gasteiger partial charge in [-0.3, -0.25) is 20.2 Å². The number of hydrogen-bond acceptors (Lipinski definition) is 8. The lowest BCUT2D eigenvalue weighted by Gasteiger charge is -2.42. The molecule has 1 atom stereocenters. The molecule has 0 saturated carbocycles. The van der Waals surface area contributed by atoms with E-state index in [9.17, 15) is 30.8 Å². The average molecular weight is 392 g/mol. The van der Waals surface area contributed by atoms with Crippen LogP contribution in [0, 0.1) is 42.9 Å². The Morgan fingerprint density at radius 3 is 1.93 bits per heavy atom. The summed E-state index contributed by atoms with van der Waals surface area (Å²) in [6, 6.07) is 12.4. The van der Waals surface area contributed by atoms with E-state index in [0.717, 1.165) is 0 Å². The van der Waals surface area contributed by atoms with Crippen LogP contribution in [0.1, 0.15) is 18.1 Å². The zero-order valence-electron chi connectivity index (χ0n) is 15.5. The van der Waals surface area contributed by atoms with E-state index in [1.165, 1.54) is 24.3 Å². The predicted octanol–water partition coefficient (Wildman–Crippen LogP) is 2.96. The molecule has 1 heterocycles. The van der Waals surface area contributed by atoms with Crippen LogP contribution < -0.4 is 9.80 Å². The summed E-state index contributed by atoms with van der Waals surface area (Å²) >= 11 is 0. The van der Waals surface area contributed by atoms with Crippen LogP contribution in [0.4, 0.5) is 22.7 Å². The van der Waals surface area contributed by atoms with Crippen molar-refractivity contribution in [3.63, 3.8) is 0 Å². The van der Waals surface area contributed by atoms with Crippen molar-refractivity contribution in [3.05, 3.63) is 67.8 Å². The topological polar surface area (TPSA) is 140 Å². The molecule has 1 saturated heterocycles. The number of non-ortho nitro benzene ring substituents is 2. The van der Waals surface area contributed by atoms with Crippen molar-refractivity contribution in [1.82, 2.24) is 0 Å². The Labute approximate surface area is 166 Å². The summed E-state index contributed by atoms with van der Waals surface area (Å²) in [6.07, 6.45) is 0. The third-order valence-corrected chi connectivity index (χ3v) is 4.90. The van der Waals surface area contributed by atoms with Gasteiger partial charge in [0.25, 0.3) is 11.4 Å². The van der Waals surface area contributed by atoms with Crippen LogP contribution in [0.2, 0.25) is 0 Å². The standard InChI is InChI=1S/C19H16N6O4/c1-13-12-22(18-4-2-16(24(26)27)8-14(18)10-20)6-7-23(13)19-5-3-17(25(28)29)9-15(19)11-21/h2-5,8-9,13H,6-7,12H2,1H3/t13-/m0/s1. The molecule has 2 aromatic rings. The normalized spacial score (nSPS) is 16.0. The maximum Gasteiger partial charge on any atom is 0.270 e. The van der Waals surface area contributed by atoms with Crippen molar-refractivity contribution in [1.29, 1.82) is 10.5 Å². The molecule has 1 aliphatic rings. The molecule has 0 radical (unpaired) electrons. The predicted molar refractivity (Wildman–Crippen MR) is 105 cm³/mol. The molecule has 146 valence electrons. The first-order valence-electron chi connectivity index (χ1n) is 8.74. The van der Waals surface area contributed by atoms with Crippen LogP contribution in [-0.4, -0.2) is 35.5 Å². The lowest BCUT2D eigenvalue weighted by molar-refractivity contribution is -0.385. The minimum atomic E-state index is -0.538. The summed E-state index contributed by atoms with van der Waals surface area (Å²) in [7, 11) is 0. The minimum Gasteiger partial charge on any atom is -0.367 e. The van der Waals surface area contributed by atoms with Gasteiger partial charge in [0.15, 0.2) is 0 Å². The van der Waals surface area contributed by atoms with Crippen molar-refractivity contribution in [2.24, 2.45) is 0 Å². The first-order valence-corrected chi connectivity index (χ1v) is 8.74. The molecule has 0 N–H and O–H groups in total. The van der Waals surface area contributed by atoms with Gasteiger partial charge in [0.05, 0.1) is 32.3 Å². The third kappa shape index (κ3) is 3.77. The van der Waals surface area contributed by atoms with Crippen LogP contribution in [0.25, 0.3) is 0 Å². The second kappa shape index (κ2) is 7.82. The average Bonchev–Trinajstić information content (AvgIpc) is 2.72. The SMILES string of the molecule is C[C@H]1CN(c2ccc([N+](=O)[O-])cc2C#N)CCN1c1ccc([N+](=O)[O-])cc1C#N. The molecule has 0 unspecified atom stereocenters. The monoisotopic (exact) mass is 392 g/mol. The van der Waals surface area contributed by atoms with Gasteiger partial charge in [-0.05, 0) is 19.1 Å². The van der Waals surface area contributed by atoms with Gasteiger partial charge in [-0.25, -0.2) is 0 Å². The third-order valence-electron chi connectivity index (χ3n) is 4.90. The second-order valence-corrected chi connectivity index (χ2v) is 6.63. The van der Waals surface area contributed by atoms with Crippen LogP contribution in [-0.2, 0) is 0 Å². The number of nitrogens with zero attached hydrogens (tertiary/aromatic N) is 6. The number of nitriles is 2. The fourth-order valence-electron chi connectivity index (χ4n) is 3.51. The summed E-state index contributed by atoms with van der Waals surface area (Å²) in [6.45, 7) is 3.52. The number of nitro groups is 2. The molecule has 0 aliphatic carbocycles. The van der Waals surface area contributed by atoms with Gasteiger partial charge in [-0.1, -0.05) is 0 Å². The first-order chi connectivity index (χ1) is 13.8. The number of benzene rings is 2. The van der Waals surface area contributed by atoms with Crippen LogP contribution in [0.15, 0.2) is 36.4 Å². The van der Waals surface area contributed by atoms with E-state index in [1.54, 1.807) is 12.1 Å². The highest BCUT2D eigenvalue weighted by molar-refractivity contribution is 5.66. The highest BCUT2D eigenvalue weighted by atomic mass is 16.6. The largest absolute Gasteiger partial charge is 0.367 e. The summed E-state index contributed by atoms with van der Waals surface area (Å²) in [5, 5.41) is 40.7. The van der Waals surface area contributed by atoms with Gasteiger partial charge < -0.3 is 9.80 Å². The highest BCUT2D eigenvalue weighted by Crippen LogP contribution is 2.31. The molecule has 0 aromatic heterocycles. The Morgan fingerprint density at radius 2 is 1.45 bits per heavy atom. The quantitative estimate of drug-likeness (QED) is 0.571. The van der Waals surface area contributed by atoms with E-state index in [1.807, 2.05) is 28.9 Å². The summed E-state index contributed by atoms with van der Waals surface area (Å²) in [5.74, 6) is 0. The minimum absolute atomic E-state index is 0.0564. The molecule has 10 nitrogen and oxygen atoms in total. The number of nitro benzene ring substituents is 2. The molecule has 29 heavy (non-hydrogen) atoms. The fraction of sp³-hybridized carbons (Fsp3) is 0.263. The molecule has 1 fully saturated rings. The van der Waals surface area contributed by atoms with Crippen LogP contribution >= 0.6 is 0 Å². The van der Waals surface area contributed by atoms with Gasteiger partial charge in [-0.2, -0.15) is 10.5 Å². The number of anilines is 2. The van der Waals surface area contributed by atoms with E-state index in [2.05, 4.69) is 0 Å². The summed E-state index contributed by atoms with van der Waals surface area (Å²) in [5.41, 5.74) is 1.42. The maximum absolute atomic E-state index is 11.0. The summed E-state index contributed by atoms with van der Waals surface area (Å²) in [4.78, 5) is 24.8. The zero-order valence-corrected chi connectivity index (χ0v) is 15.5. The van der Waals surface area contributed by atoms with E-state index in [-0.39, 0.29) is 28.5 Å². The molecule has 1 aliphatic heterocycles. The lowest BCUT2D eigenvalue weighted by atomic mass is 10.1. The molecule has 0 amide bonds. The Hall–Kier alpha value is -4.18. The Bertz CT molecular complexity index is 1070. The van der Waals surface area contributed by atoms with E-state index >= 15 is 0 Å². The molecular weight excluding hydrogens is 376 g/mol. The lowest BCUT2D eigenvalue weighted by Crippen LogP contribution is -2.52. The van der Waals surface area contributed by atoms with Crippen molar-refractivity contribution in [3.8, 4) is 12.1 Å². The molecular formula is C19H16N6O4. The van der Waals surface area contributed by atoms with Gasteiger partial charge in [0, 0.05) is 49.9 Å². The van der Waals surface area contributed by atoms with Crippen LogP contribution in [0.5, 0.6) is 0 Å². The molecule has 0 spiro atoms. The first kappa shape index (κ1) is 19.6. The molecule has 0 bridgehead atoms. The van der Waals surface area contributed by atoms with Gasteiger partial charge >= 0.3 is 0 Å². The molecule has 3 rings (SSSR count). The van der Waals surface area contributed by atoms with Gasteiger partial charge in [0.1, 0.15) is 12.1 Å². The van der Waals surface area contributed by atoms with Gasteiger partial charge in [0.2, 0.25) is 0 Å². The molecule has 2 aromatic carbocycles.